The molecule has 0 spiro atoms. The molecule has 19 heavy (non-hydrogen) atoms. The zero-order valence-electron chi connectivity index (χ0n) is 9.83. The molecule has 6 nitrogen and oxygen atoms in total. The number of benzene rings is 1. The lowest BCUT2D eigenvalue weighted by molar-refractivity contribution is 0.506. The van der Waals surface area contributed by atoms with Crippen molar-refractivity contribution >= 4 is 15.7 Å². The van der Waals surface area contributed by atoms with Gasteiger partial charge in [-0.1, -0.05) is 0 Å². The summed E-state index contributed by atoms with van der Waals surface area (Å²) in [7, 11) is -3.67. The molecule has 0 saturated carbocycles. The Morgan fingerprint density at radius 2 is 1.89 bits per heavy atom. The van der Waals surface area contributed by atoms with Gasteiger partial charge in [-0.05, 0) is 36.4 Å². The van der Waals surface area contributed by atoms with E-state index in [-0.39, 0.29) is 10.7 Å². The molecule has 2 aromatic rings. The number of nitrogens with two attached hydrogens (primary N) is 1. The van der Waals surface area contributed by atoms with E-state index in [2.05, 4.69) is 5.32 Å². The molecule has 1 aromatic carbocycles. The minimum absolute atomic E-state index is 0.0582. The summed E-state index contributed by atoms with van der Waals surface area (Å²) in [5.74, 6) is 0.869. The van der Waals surface area contributed by atoms with Crippen LogP contribution in [0.25, 0.3) is 0 Å². The van der Waals surface area contributed by atoms with Crippen molar-refractivity contribution in [3.63, 3.8) is 0 Å². The second kappa shape index (κ2) is 5.14. The van der Waals surface area contributed by atoms with Gasteiger partial charge in [0.2, 0.25) is 15.8 Å². The van der Waals surface area contributed by atoms with Crippen LogP contribution >= 0.6 is 0 Å². The average molecular weight is 277 g/mol. The Morgan fingerprint density at radius 3 is 2.42 bits per heavy atom. The minimum Gasteiger partial charge on any atom is -0.449 e. The van der Waals surface area contributed by atoms with Gasteiger partial charge in [-0.3, -0.25) is 0 Å². The van der Waals surface area contributed by atoms with Crippen LogP contribution in [0.5, 0.6) is 0 Å². The van der Waals surface area contributed by atoms with Gasteiger partial charge in [-0.2, -0.15) is 5.26 Å². The van der Waals surface area contributed by atoms with Gasteiger partial charge in [0, 0.05) is 5.69 Å². The zero-order chi connectivity index (χ0) is 13.9. The van der Waals surface area contributed by atoms with Crippen molar-refractivity contribution in [2.45, 2.75) is 11.4 Å². The maximum atomic E-state index is 11.1. The molecular formula is C12H11N3O3S. The third-order valence-electron chi connectivity index (χ3n) is 2.42. The lowest BCUT2D eigenvalue weighted by Gasteiger charge is -2.05. The molecule has 0 amide bonds. The summed E-state index contributed by atoms with van der Waals surface area (Å²) in [6, 6.07) is 11.2. The summed E-state index contributed by atoms with van der Waals surface area (Å²) in [6.45, 7) is 0.399. The lowest BCUT2D eigenvalue weighted by Crippen LogP contribution is -2.11. The van der Waals surface area contributed by atoms with Crippen molar-refractivity contribution in [1.82, 2.24) is 0 Å². The van der Waals surface area contributed by atoms with Crippen molar-refractivity contribution in [3.8, 4) is 6.07 Å². The molecule has 1 aromatic heterocycles. The molecule has 3 N–H and O–H groups in total. The van der Waals surface area contributed by atoms with Gasteiger partial charge < -0.3 is 9.73 Å². The van der Waals surface area contributed by atoms with Crippen molar-refractivity contribution < 1.29 is 12.8 Å². The quantitative estimate of drug-likeness (QED) is 0.878. The average Bonchev–Trinajstić information content (AvgIpc) is 2.84. The summed E-state index contributed by atoms with van der Waals surface area (Å²) in [6.07, 6.45) is 0. The smallest absolute Gasteiger partial charge is 0.238 e. The molecule has 0 saturated heterocycles. The highest BCUT2D eigenvalue weighted by molar-refractivity contribution is 7.89. The second-order valence-corrected chi connectivity index (χ2v) is 5.36. The Morgan fingerprint density at radius 1 is 1.21 bits per heavy atom. The van der Waals surface area contributed by atoms with E-state index in [4.69, 9.17) is 14.8 Å². The van der Waals surface area contributed by atoms with E-state index in [9.17, 15) is 8.42 Å². The van der Waals surface area contributed by atoms with Crippen molar-refractivity contribution in [3.05, 3.63) is 47.9 Å². The topological polar surface area (TPSA) is 109 Å². The summed E-state index contributed by atoms with van der Waals surface area (Å²) in [5.41, 5.74) is 0.724. The van der Waals surface area contributed by atoms with Crippen molar-refractivity contribution in [1.29, 1.82) is 5.26 Å². The molecule has 0 atom stereocenters. The number of hydrogen-bond donors (Lipinski definition) is 2. The van der Waals surface area contributed by atoms with Crippen LogP contribution in [0, 0.1) is 11.3 Å². The fourth-order valence-electron chi connectivity index (χ4n) is 1.48. The first kappa shape index (κ1) is 13.1. The molecule has 0 aliphatic heterocycles. The summed E-state index contributed by atoms with van der Waals surface area (Å²) < 4.78 is 27.3. The molecule has 0 fully saturated rings. The third kappa shape index (κ3) is 3.34. The van der Waals surface area contributed by atoms with E-state index < -0.39 is 10.0 Å². The molecule has 0 unspecified atom stereocenters. The molecule has 0 radical (unpaired) electrons. The first-order chi connectivity index (χ1) is 8.99. The largest absolute Gasteiger partial charge is 0.449 e. The van der Waals surface area contributed by atoms with E-state index in [1.54, 1.807) is 24.3 Å². The number of rotatable bonds is 4. The Balaban J connectivity index is 2.03. The van der Waals surface area contributed by atoms with Gasteiger partial charge in [-0.25, -0.2) is 13.6 Å². The van der Waals surface area contributed by atoms with Crippen LogP contribution in [-0.4, -0.2) is 8.42 Å². The van der Waals surface area contributed by atoms with E-state index in [1.165, 1.54) is 12.1 Å². The predicted octanol–water partition coefficient (Wildman–Crippen LogP) is 1.41. The maximum Gasteiger partial charge on any atom is 0.238 e. The Kier molecular flexibility index (Phi) is 3.55. The van der Waals surface area contributed by atoms with Crippen LogP contribution in [0.1, 0.15) is 11.5 Å². The van der Waals surface area contributed by atoms with Gasteiger partial charge in [0.05, 0.1) is 11.4 Å². The lowest BCUT2D eigenvalue weighted by atomic mass is 10.3. The number of primary sulfonamides is 1. The second-order valence-electron chi connectivity index (χ2n) is 3.80. The van der Waals surface area contributed by atoms with E-state index in [0.29, 0.717) is 12.3 Å². The first-order valence-corrected chi connectivity index (χ1v) is 6.89. The molecule has 0 aliphatic rings. The van der Waals surface area contributed by atoms with E-state index in [1.807, 2.05) is 6.07 Å². The van der Waals surface area contributed by atoms with Crippen molar-refractivity contribution in [2.75, 3.05) is 5.32 Å². The Hall–Kier alpha value is -2.30. The molecule has 0 bridgehead atoms. The van der Waals surface area contributed by atoms with Gasteiger partial charge in [-0.15, -0.1) is 0 Å². The number of nitriles is 1. The zero-order valence-corrected chi connectivity index (χ0v) is 10.6. The van der Waals surface area contributed by atoms with Crippen LogP contribution in [0.2, 0.25) is 0 Å². The predicted molar refractivity (Wildman–Crippen MR) is 68.6 cm³/mol. The monoisotopic (exact) mass is 277 g/mol. The highest BCUT2D eigenvalue weighted by Gasteiger charge is 2.06. The van der Waals surface area contributed by atoms with E-state index >= 15 is 0 Å². The number of sulfonamides is 1. The maximum absolute atomic E-state index is 11.1. The number of anilines is 1. The summed E-state index contributed by atoms with van der Waals surface area (Å²) in [5, 5.41) is 16.6. The minimum atomic E-state index is -3.67. The van der Waals surface area contributed by atoms with Gasteiger partial charge >= 0.3 is 0 Å². The number of nitrogens with one attached hydrogen (secondary N) is 1. The summed E-state index contributed by atoms with van der Waals surface area (Å²) >= 11 is 0. The molecule has 7 heteroatoms. The van der Waals surface area contributed by atoms with Crippen LogP contribution in [-0.2, 0) is 16.6 Å². The number of hydrogen-bond acceptors (Lipinski definition) is 5. The third-order valence-corrected chi connectivity index (χ3v) is 3.35. The highest BCUT2D eigenvalue weighted by Crippen LogP contribution is 2.14. The normalized spacial score (nSPS) is 10.9. The number of nitrogens with zero attached hydrogens (tertiary/aromatic N) is 1. The van der Waals surface area contributed by atoms with Gasteiger partial charge in [0.1, 0.15) is 11.8 Å². The number of furan rings is 1. The fraction of sp³-hybridized carbons (Fsp3) is 0.0833. The Labute approximate surface area is 110 Å². The highest BCUT2D eigenvalue weighted by atomic mass is 32.2. The standard InChI is InChI=1S/C12H11N3O3S/c13-7-10-3-4-11(18-10)8-15-9-1-5-12(6-2-9)19(14,16)17/h1-6,15H,8H2,(H2,14,16,17). The molecule has 2 rings (SSSR count). The van der Waals surface area contributed by atoms with E-state index in [0.717, 1.165) is 5.69 Å². The molecule has 1 heterocycles. The van der Waals surface area contributed by atoms with Crippen LogP contribution in [0.15, 0.2) is 45.7 Å². The van der Waals surface area contributed by atoms with Gasteiger partial charge in [0.15, 0.2) is 0 Å². The van der Waals surface area contributed by atoms with Crippen molar-refractivity contribution in [2.24, 2.45) is 5.14 Å². The molecule has 0 aliphatic carbocycles. The van der Waals surface area contributed by atoms with Crippen LogP contribution < -0.4 is 10.5 Å². The van der Waals surface area contributed by atoms with Crippen LogP contribution in [0.3, 0.4) is 0 Å². The Bertz CT molecular complexity index is 711. The SMILES string of the molecule is N#Cc1ccc(CNc2ccc(S(N)(=O)=O)cc2)o1. The fourth-order valence-corrected chi connectivity index (χ4v) is 2.00. The molecule has 98 valence electrons. The molecular weight excluding hydrogens is 266 g/mol. The van der Waals surface area contributed by atoms with Gasteiger partial charge in [0.25, 0.3) is 0 Å². The summed E-state index contributed by atoms with van der Waals surface area (Å²) in [4.78, 5) is 0.0582. The van der Waals surface area contributed by atoms with Crippen LogP contribution in [0.4, 0.5) is 5.69 Å². The first-order valence-electron chi connectivity index (χ1n) is 5.34.